The topological polar surface area (TPSA) is 55.1 Å². The molecule has 0 aliphatic heterocycles. The number of carbonyl (C=O) groups excluding carboxylic acids is 1. The highest BCUT2D eigenvalue weighted by Gasteiger charge is 2.09. The number of aromatic nitrogens is 1. The number of halogens is 1. The van der Waals surface area contributed by atoms with Gasteiger partial charge >= 0.3 is 0 Å². The summed E-state index contributed by atoms with van der Waals surface area (Å²) in [4.78, 5) is 16.2. The largest absolute Gasteiger partial charge is 0.441 e. The molecular weight excluding hydrogens is 380 g/mol. The van der Waals surface area contributed by atoms with Crippen LogP contribution in [0, 0.1) is 0 Å². The highest BCUT2D eigenvalue weighted by molar-refractivity contribution is 9.10. The summed E-state index contributed by atoms with van der Waals surface area (Å²) in [7, 11) is 0. The smallest absolute Gasteiger partial charge is 0.220 e. The van der Waals surface area contributed by atoms with Gasteiger partial charge in [-0.1, -0.05) is 39.7 Å². The SMILES string of the molecule is O=C(CCc1ncc(-c2ccc(Br)cc2)o1)NCCC1=CCCCC1. The Morgan fingerprint density at radius 2 is 2.04 bits per heavy atom. The first kappa shape index (κ1) is 17.9. The molecule has 0 atom stereocenters. The number of nitrogens with zero attached hydrogens (tertiary/aromatic N) is 1. The second kappa shape index (κ2) is 8.99. The number of carbonyl (C=O) groups is 1. The maximum atomic E-state index is 12.0. The first-order chi connectivity index (χ1) is 12.2. The van der Waals surface area contributed by atoms with Crippen molar-refractivity contribution in [2.24, 2.45) is 0 Å². The first-order valence-electron chi connectivity index (χ1n) is 8.86. The fourth-order valence-electron chi connectivity index (χ4n) is 2.98. The van der Waals surface area contributed by atoms with E-state index in [9.17, 15) is 4.79 Å². The lowest BCUT2D eigenvalue weighted by Gasteiger charge is -2.12. The third kappa shape index (κ3) is 5.56. The lowest BCUT2D eigenvalue weighted by molar-refractivity contribution is -0.121. The molecule has 0 radical (unpaired) electrons. The van der Waals surface area contributed by atoms with Crippen LogP contribution < -0.4 is 5.32 Å². The second-order valence-electron chi connectivity index (χ2n) is 6.33. The molecule has 25 heavy (non-hydrogen) atoms. The van der Waals surface area contributed by atoms with Crippen LogP contribution in [0.15, 0.2) is 51.0 Å². The molecule has 1 aliphatic carbocycles. The number of rotatable bonds is 7. The van der Waals surface area contributed by atoms with Gasteiger partial charge in [0.25, 0.3) is 0 Å². The normalized spacial score (nSPS) is 14.2. The number of nitrogens with one attached hydrogen (secondary N) is 1. The van der Waals surface area contributed by atoms with Gasteiger partial charge in [-0.2, -0.15) is 0 Å². The van der Waals surface area contributed by atoms with E-state index in [-0.39, 0.29) is 5.91 Å². The molecule has 0 unspecified atom stereocenters. The van der Waals surface area contributed by atoms with Crippen LogP contribution in [0.2, 0.25) is 0 Å². The van der Waals surface area contributed by atoms with Crippen molar-refractivity contribution < 1.29 is 9.21 Å². The summed E-state index contributed by atoms with van der Waals surface area (Å²) in [5.41, 5.74) is 2.46. The van der Waals surface area contributed by atoms with Gasteiger partial charge in [0, 0.05) is 29.4 Å². The zero-order chi connectivity index (χ0) is 17.5. The number of hydrogen-bond acceptors (Lipinski definition) is 3. The number of allylic oxidation sites excluding steroid dienone is 1. The fourth-order valence-corrected chi connectivity index (χ4v) is 3.24. The number of aryl methyl sites for hydroxylation is 1. The summed E-state index contributed by atoms with van der Waals surface area (Å²) < 4.78 is 6.77. The van der Waals surface area contributed by atoms with Crippen LogP contribution in [-0.2, 0) is 11.2 Å². The predicted molar refractivity (Wildman–Crippen MR) is 102 cm³/mol. The quantitative estimate of drug-likeness (QED) is 0.659. The van der Waals surface area contributed by atoms with Crippen molar-refractivity contribution in [2.75, 3.05) is 6.54 Å². The first-order valence-corrected chi connectivity index (χ1v) is 9.65. The molecule has 4 nitrogen and oxygen atoms in total. The average molecular weight is 403 g/mol. The van der Waals surface area contributed by atoms with E-state index in [1.165, 1.54) is 31.3 Å². The van der Waals surface area contributed by atoms with Crippen LogP contribution in [0.1, 0.15) is 44.4 Å². The Kier molecular flexibility index (Phi) is 6.45. The van der Waals surface area contributed by atoms with E-state index < -0.39 is 0 Å². The van der Waals surface area contributed by atoms with E-state index in [1.807, 2.05) is 24.3 Å². The minimum atomic E-state index is 0.0554. The van der Waals surface area contributed by atoms with Crippen molar-refractivity contribution in [3.05, 3.63) is 52.5 Å². The lowest BCUT2D eigenvalue weighted by atomic mass is 9.97. The van der Waals surface area contributed by atoms with Crippen molar-refractivity contribution in [1.29, 1.82) is 0 Å². The number of oxazole rings is 1. The third-order valence-electron chi connectivity index (χ3n) is 4.40. The summed E-state index contributed by atoms with van der Waals surface area (Å²) in [6, 6.07) is 7.88. The molecule has 1 aromatic carbocycles. The molecule has 0 fully saturated rings. The van der Waals surface area contributed by atoms with E-state index in [0.717, 1.165) is 28.8 Å². The molecule has 5 heteroatoms. The van der Waals surface area contributed by atoms with Gasteiger partial charge in [-0.15, -0.1) is 0 Å². The Morgan fingerprint density at radius 3 is 2.80 bits per heavy atom. The molecule has 0 saturated carbocycles. The summed E-state index contributed by atoms with van der Waals surface area (Å²) in [6.07, 6.45) is 10.9. The molecule has 1 N–H and O–H groups in total. The Morgan fingerprint density at radius 1 is 1.20 bits per heavy atom. The molecule has 132 valence electrons. The Hall–Kier alpha value is -1.88. The van der Waals surface area contributed by atoms with Gasteiger partial charge in [0.15, 0.2) is 11.7 Å². The summed E-state index contributed by atoms with van der Waals surface area (Å²) in [5.74, 6) is 1.38. The van der Waals surface area contributed by atoms with Crippen LogP contribution in [-0.4, -0.2) is 17.4 Å². The summed E-state index contributed by atoms with van der Waals surface area (Å²) in [6.45, 7) is 0.723. The number of benzene rings is 1. The molecule has 0 bridgehead atoms. The van der Waals surface area contributed by atoms with Crippen LogP contribution in [0.3, 0.4) is 0 Å². The van der Waals surface area contributed by atoms with Crippen molar-refractivity contribution in [1.82, 2.24) is 10.3 Å². The molecule has 1 heterocycles. The summed E-state index contributed by atoms with van der Waals surface area (Å²) in [5, 5.41) is 2.99. The number of amides is 1. The highest BCUT2D eigenvalue weighted by Crippen LogP contribution is 2.23. The van der Waals surface area contributed by atoms with E-state index in [1.54, 1.807) is 6.20 Å². The van der Waals surface area contributed by atoms with E-state index in [2.05, 4.69) is 32.3 Å². The second-order valence-corrected chi connectivity index (χ2v) is 7.25. The van der Waals surface area contributed by atoms with Gasteiger partial charge in [-0.05, 0) is 44.2 Å². The maximum absolute atomic E-state index is 12.0. The molecule has 3 rings (SSSR count). The van der Waals surface area contributed by atoms with Gasteiger partial charge in [0.1, 0.15) is 0 Å². The van der Waals surface area contributed by atoms with E-state index >= 15 is 0 Å². The molecule has 0 saturated heterocycles. The molecule has 1 amide bonds. The minimum absolute atomic E-state index is 0.0554. The van der Waals surface area contributed by atoms with Crippen LogP contribution in [0.25, 0.3) is 11.3 Å². The van der Waals surface area contributed by atoms with Gasteiger partial charge in [0.2, 0.25) is 5.91 Å². The zero-order valence-electron chi connectivity index (χ0n) is 14.3. The predicted octanol–water partition coefficient (Wildman–Crippen LogP) is 5.04. The highest BCUT2D eigenvalue weighted by atomic mass is 79.9. The van der Waals surface area contributed by atoms with Crippen molar-refractivity contribution in [3.8, 4) is 11.3 Å². The lowest BCUT2D eigenvalue weighted by Crippen LogP contribution is -2.25. The molecule has 1 aliphatic rings. The Labute approximate surface area is 156 Å². The monoisotopic (exact) mass is 402 g/mol. The van der Waals surface area contributed by atoms with Crippen LogP contribution >= 0.6 is 15.9 Å². The third-order valence-corrected chi connectivity index (χ3v) is 4.93. The fraction of sp³-hybridized carbons (Fsp3) is 0.400. The standard InChI is InChI=1S/C20H23BrN2O2/c21-17-8-6-16(7-9-17)18-14-23-20(25-18)11-10-19(24)22-13-12-15-4-2-1-3-5-15/h4,6-9,14H,1-3,5,10-13H2,(H,22,24). The molecule has 0 spiro atoms. The van der Waals surface area contributed by atoms with Crippen molar-refractivity contribution in [2.45, 2.75) is 44.9 Å². The minimum Gasteiger partial charge on any atom is -0.441 e. The molecule has 2 aromatic rings. The number of hydrogen-bond donors (Lipinski definition) is 1. The Balaban J connectivity index is 1.41. The van der Waals surface area contributed by atoms with E-state index in [4.69, 9.17) is 4.42 Å². The maximum Gasteiger partial charge on any atom is 0.220 e. The van der Waals surface area contributed by atoms with E-state index in [0.29, 0.717) is 18.7 Å². The molecule has 1 aromatic heterocycles. The van der Waals surface area contributed by atoms with Crippen molar-refractivity contribution in [3.63, 3.8) is 0 Å². The zero-order valence-corrected chi connectivity index (χ0v) is 15.8. The average Bonchev–Trinajstić information content (AvgIpc) is 3.10. The van der Waals surface area contributed by atoms with Gasteiger partial charge < -0.3 is 9.73 Å². The Bertz CT molecular complexity index is 734. The van der Waals surface area contributed by atoms with Gasteiger partial charge in [0.05, 0.1) is 6.20 Å². The van der Waals surface area contributed by atoms with Crippen LogP contribution in [0.5, 0.6) is 0 Å². The van der Waals surface area contributed by atoms with Crippen molar-refractivity contribution >= 4 is 21.8 Å². The van der Waals surface area contributed by atoms with Gasteiger partial charge in [-0.25, -0.2) is 4.98 Å². The van der Waals surface area contributed by atoms with Gasteiger partial charge in [-0.3, -0.25) is 4.79 Å². The van der Waals surface area contributed by atoms with Crippen LogP contribution in [0.4, 0.5) is 0 Å². The summed E-state index contributed by atoms with van der Waals surface area (Å²) >= 11 is 3.42. The molecular formula is C20H23BrN2O2.